The van der Waals surface area contributed by atoms with E-state index in [4.69, 9.17) is 9.84 Å². The van der Waals surface area contributed by atoms with Crippen molar-refractivity contribution in [1.82, 2.24) is 34.7 Å². The highest BCUT2D eigenvalue weighted by Gasteiger charge is 2.40. The predicted molar refractivity (Wildman–Crippen MR) is 138 cm³/mol. The van der Waals surface area contributed by atoms with Crippen molar-refractivity contribution in [2.75, 3.05) is 13.1 Å². The third-order valence-corrected chi connectivity index (χ3v) is 8.12. The van der Waals surface area contributed by atoms with E-state index in [0.29, 0.717) is 18.2 Å². The molecule has 3 aromatic rings. The summed E-state index contributed by atoms with van der Waals surface area (Å²) in [7, 11) is 1.99. The van der Waals surface area contributed by atoms with E-state index < -0.39 is 11.8 Å². The molecule has 1 amide bonds. The first-order valence-electron chi connectivity index (χ1n) is 13.4. The third kappa shape index (κ3) is 5.37. The number of alkyl halides is 1. The Morgan fingerprint density at radius 1 is 1.16 bits per heavy atom. The average molecular weight is 526 g/mol. The molecule has 1 aromatic carbocycles. The van der Waals surface area contributed by atoms with Gasteiger partial charge < -0.3 is 19.3 Å². The van der Waals surface area contributed by atoms with E-state index >= 15 is 4.39 Å². The van der Waals surface area contributed by atoms with E-state index in [2.05, 4.69) is 46.5 Å². The highest BCUT2D eigenvalue weighted by atomic mass is 19.1. The minimum atomic E-state index is -1.63. The molecule has 0 unspecified atom stereocenters. The van der Waals surface area contributed by atoms with Gasteiger partial charge in [0, 0.05) is 38.9 Å². The first-order chi connectivity index (χ1) is 18.2. The van der Waals surface area contributed by atoms with Gasteiger partial charge in [-0.3, -0.25) is 0 Å². The Balaban J connectivity index is 1.16. The number of hydrogen-bond donors (Lipinski definition) is 1. The van der Waals surface area contributed by atoms with E-state index in [1.165, 1.54) is 10.5 Å². The van der Waals surface area contributed by atoms with Crippen LogP contribution in [-0.2, 0) is 19.3 Å². The molecule has 1 aliphatic carbocycles. The number of hydrogen-bond acceptors (Lipinski definition) is 6. The fraction of sp³-hybridized carbons (Fsp3) is 0.593. The van der Waals surface area contributed by atoms with Gasteiger partial charge in [0.25, 0.3) is 0 Å². The Bertz CT molecular complexity index is 1260. The fourth-order valence-corrected chi connectivity index (χ4v) is 5.54. The summed E-state index contributed by atoms with van der Waals surface area (Å²) >= 11 is 0. The van der Waals surface area contributed by atoms with Crippen LogP contribution in [0.4, 0.5) is 9.18 Å². The Hall–Kier alpha value is -3.50. The number of piperidine rings is 1. The number of rotatable bonds is 7. The van der Waals surface area contributed by atoms with Gasteiger partial charge in [0.15, 0.2) is 11.5 Å². The maximum Gasteiger partial charge on any atom is 0.407 e. The second kappa shape index (κ2) is 10.7. The van der Waals surface area contributed by atoms with Crippen molar-refractivity contribution in [3.8, 4) is 5.75 Å². The number of aromatic nitrogens is 6. The largest absolute Gasteiger partial charge is 0.486 e. The zero-order chi connectivity index (χ0) is 26.9. The van der Waals surface area contributed by atoms with Gasteiger partial charge in [-0.25, -0.2) is 13.9 Å². The SMILES string of the molecule is CC(C)c1cccc(OCc2nnc(C3CCC(n4cc(C5(F)CCN(C(=O)O)CC5)nn4)CC3)n2C)c1. The maximum absolute atomic E-state index is 15.5. The van der Waals surface area contributed by atoms with E-state index in [0.717, 1.165) is 43.1 Å². The quantitative estimate of drug-likeness (QED) is 0.465. The van der Waals surface area contributed by atoms with Crippen LogP contribution >= 0.6 is 0 Å². The molecule has 10 nitrogen and oxygen atoms in total. The summed E-state index contributed by atoms with van der Waals surface area (Å²) in [5.74, 6) is 3.31. The minimum Gasteiger partial charge on any atom is -0.486 e. The van der Waals surface area contributed by atoms with Gasteiger partial charge in [0.05, 0.1) is 12.2 Å². The van der Waals surface area contributed by atoms with E-state index in [-0.39, 0.29) is 37.9 Å². The topological polar surface area (TPSA) is 111 Å². The summed E-state index contributed by atoms with van der Waals surface area (Å²) in [6.45, 7) is 5.01. The van der Waals surface area contributed by atoms with Crippen molar-refractivity contribution in [2.24, 2.45) is 7.05 Å². The molecule has 0 radical (unpaired) electrons. The average Bonchev–Trinajstić information content (AvgIpc) is 3.56. The smallest absolute Gasteiger partial charge is 0.407 e. The first-order valence-corrected chi connectivity index (χ1v) is 13.4. The van der Waals surface area contributed by atoms with Gasteiger partial charge in [-0.05, 0) is 49.3 Å². The normalized spacial score (nSPS) is 21.6. The van der Waals surface area contributed by atoms with E-state index in [9.17, 15) is 4.79 Å². The molecule has 2 aromatic heterocycles. The number of carbonyl (C=O) groups is 1. The minimum absolute atomic E-state index is 0.103. The van der Waals surface area contributed by atoms with Crippen LogP contribution in [0, 0.1) is 0 Å². The number of nitrogens with zero attached hydrogens (tertiary/aromatic N) is 7. The molecule has 11 heteroatoms. The second-order valence-corrected chi connectivity index (χ2v) is 10.9. The highest BCUT2D eigenvalue weighted by Crippen LogP contribution is 2.39. The molecule has 0 spiro atoms. The molecule has 38 heavy (non-hydrogen) atoms. The monoisotopic (exact) mass is 525 g/mol. The van der Waals surface area contributed by atoms with Crippen LogP contribution in [0.1, 0.15) is 93.2 Å². The van der Waals surface area contributed by atoms with Gasteiger partial charge in [-0.15, -0.1) is 15.3 Å². The number of carboxylic acid groups (broad SMARTS) is 1. The third-order valence-electron chi connectivity index (χ3n) is 8.12. The van der Waals surface area contributed by atoms with E-state index in [1.807, 2.05) is 23.7 Å². The molecule has 0 atom stereocenters. The summed E-state index contributed by atoms with van der Waals surface area (Å²) in [5.41, 5.74) is -0.0848. The van der Waals surface area contributed by atoms with Gasteiger partial charge in [0.1, 0.15) is 23.9 Å². The second-order valence-electron chi connectivity index (χ2n) is 10.9. The van der Waals surface area contributed by atoms with Crippen molar-refractivity contribution < 1.29 is 19.0 Å². The molecule has 1 N–H and O–H groups in total. The molecule has 2 fully saturated rings. The lowest BCUT2D eigenvalue weighted by Gasteiger charge is -2.33. The Labute approximate surface area is 221 Å². The first kappa shape index (κ1) is 26.1. The molecule has 204 valence electrons. The van der Waals surface area contributed by atoms with Crippen LogP contribution in [0.2, 0.25) is 0 Å². The van der Waals surface area contributed by atoms with Crippen LogP contribution in [0.15, 0.2) is 30.5 Å². The standard InChI is InChI=1S/C27H36FN7O3/c1-18(2)20-5-4-6-22(15-20)38-17-24-30-31-25(33(24)3)19-7-9-21(10-8-19)35-16-23(29-32-35)27(28)11-13-34(14-12-27)26(36)37/h4-6,15-16,18-19,21H,7-14,17H2,1-3H3,(H,36,37). The summed E-state index contributed by atoms with van der Waals surface area (Å²) in [5, 5.41) is 26.4. The van der Waals surface area contributed by atoms with Crippen molar-refractivity contribution >= 4 is 6.09 Å². The van der Waals surface area contributed by atoms with Gasteiger partial charge in [-0.2, -0.15) is 0 Å². The van der Waals surface area contributed by atoms with E-state index in [1.54, 1.807) is 10.9 Å². The van der Waals surface area contributed by atoms with Crippen LogP contribution in [0.25, 0.3) is 0 Å². The van der Waals surface area contributed by atoms with Gasteiger partial charge >= 0.3 is 6.09 Å². The zero-order valence-corrected chi connectivity index (χ0v) is 22.3. The van der Waals surface area contributed by atoms with Gasteiger partial charge in [0.2, 0.25) is 0 Å². The number of amides is 1. The molecule has 0 bridgehead atoms. The molecule has 3 heterocycles. The van der Waals surface area contributed by atoms with Crippen LogP contribution < -0.4 is 4.74 Å². The summed E-state index contributed by atoms with van der Waals surface area (Å²) in [6.07, 6.45) is 4.55. The van der Waals surface area contributed by atoms with Gasteiger partial charge in [-0.1, -0.05) is 31.2 Å². The van der Waals surface area contributed by atoms with Crippen molar-refractivity contribution in [3.63, 3.8) is 0 Å². The van der Waals surface area contributed by atoms with Crippen molar-refractivity contribution in [3.05, 3.63) is 53.4 Å². The zero-order valence-electron chi connectivity index (χ0n) is 22.3. The van der Waals surface area contributed by atoms with Crippen molar-refractivity contribution in [1.29, 1.82) is 0 Å². The number of benzene rings is 1. The van der Waals surface area contributed by atoms with Crippen LogP contribution in [0.5, 0.6) is 5.75 Å². The molecular formula is C27H36FN7O3. The maximum atomic E-state index is 15.5. The molecule has 2 aliphatic rings. The Morgan fingerprint density at radius 3 is 2.58 bits per heavy atom. The Morgan fingerprint density at radius 2 is 1.89 bits per heavy atom. The van der Waals surface area contributed by atoms with Crippen LogP contribution in [-0.4, -0.2) is 58.9 Å². The summed E-state index contributed by atoms with van der Waals surface area (Å²) in [6, 6.07) is 8.30. The molecular weight excluding hydrogens is 489 g/mol. The number of ether oxygens (including phenoxy) is 1. The van der Waals surface area contributed by atoms with Crippen LogP contribution in [0.3, 0.4) is 0 Å². The summed E-state index contributed by atoms with van der Waals surface area (Å²) in [4.78, 5) is 12.4. The van der Waals surface area contributed by atoms with Crippen molar-refractivity contribution in [2.45, 2.75) is 82.5 Å². The molecule has 1 saturated carbocycles. The molecule has 5 rings (SSSR count). The fourth-order valence-electron chi connectivity index (χ4n) is 5.54. The summed E-state index contributed by atoms with van der Waals surface area (Å²) < 4.78 is 25.4. The molecule has 1 aliphatic heterocycles. The molecule has 1 saturated heterocycles. The lowest BCUT2D eigenvalue weighted by Crippen LogP contribution is -2.42. The lowest BCUT2D eigenvalue weighted by atomic mass is 9.85. The number of likely N-dealkylation sites (tertiary alicyclic amines) is 1. The number of halogens is 1. The predicted octanol–water partition coefficient (Wildman–Crippen LogP) is 4.95. The Kier molecular flexibility index (Phi) is 7.36. The highest BCUT2D eigenvalue weighted by molar-refractivity contribution is 5.65. The lowest BCUT2D eigenvalue weighted by molar-refractivity contribution is 0.0520.